The summed E-state index contributed by atoms with van der Waals surface area (Å²) in [6.45, 7) is 2.54. The first-order valence-electron chi connectivity index (χ1n) is 9.48. The van der Waals surface area contributed by atoms with Gasteiger partial charge in [-0.2, -0.15) is 0 Å². The molecule has 2 saturated carbocycles. The lowest BCUT2D eigenvalue weighted by Crippen LogP contribution is -2.56. The van der Waals surface area contributed by atoms with Gasteiger partial charge in [0.25, 0.3) is 0 Å². The minimum Gasteiger partial charge on any atom is -0.335 e. The molecule has 0 bridgehead atoms. The summed E-state index contributed by atoms with van der Waals surface area (Å²) in [5.41, 5.74) is 2.70. The van der Waals surface area contributed by atoms with Gasteiger partial charge in [-0.1, -0.05) is 24.3 Å². The molecule has 4 amide bonds. The number of carbonyl (C=O) groups is 3. The highest BCUT2D eigenvalue weighted by atomic mass is 16.2. The largest absolute Gasteiger partial charge is 0.335 e. The van der Waals surface area contributed by atoms with Crippen molar-refractivity contribution < 1.29 is 14.4 Å². The van der Waals surface area contributed by atoms with E-state index in [1.807, 2.05) is 4.90 Å². The Bertz CT molecular complexity index is 738. The van der Waals surface area contributed by atoms with Gasteiger partial charge in [0.1, 0.15) is 6.54 Å². The van der Waals surface area contributed by atoms with E-state index in [0.717, 1.165) is 25.7 Å². The molecule has 138 valence electrons. The van der Waals surface area contributed by atoms with Gasteiger partial charge in [0.15, 0.2) is 0 Å². The minimum atomic E-state index is -0.447. The molecule has 1 heterocycles. The number of aryl methyl sites for hydroxylation is 1. The number of urea groups is 1. The van der Waals surface area contributed by atoms with Gasteiger partial charge in [0.05, 0.1) is 0 Å². The molecule has 3 aliphatic rings. The number of carbonyl (C=O) groups excluding carboxylic acids is 3. The van der Waals surface area contributed by atoms with Crippen LogP contribution >= 0.6 is 0 Å². The number of nitrogens with zero attached hydrogens (tertiary/aromatic N) is 2. The first-order valence-corrected chi connectivity index (χ1v) is 9.48. The lowest BCUT2D eigenvalue weighted by molar-refractivity contribution is -0.137. The first-order chi connectivity index (χ1) is 12.5. The number of rotatable bonds is 5. The van der Waals surface area contributed by atoms with E-state index >= 15 is 0 Å². The van der Waals surface area contributed by atoms with Crippen molar-refractivity contribution in [3.63, 3.8) is 0 Å². The van der Waals surface area contributed by atoms with Crippen LogP contribution in [0, 0.1) is 6.92 Å². The van der Waals surface area contributed by atoms with Crippen LogP contribution in [0.1, 0.15) is 49.1 Å². The molecule has 1 saturated heterocycles. The summed E-state index contributed by atoms with van der Waals surface area (Å²) in [6.07, 6.45) is 4.38. The van der Waals surface area contributed by atoms with Crippen LogP contribution in [0.4, 0.5) is 4.79 Å². The van der Waals surface area contributed by atoms with Crippen molar-refractivity contribution in [1.29, 1.82) is 0 Å². The molecule has 1 aromatic rings. The van der Waals surface area contributed by atoms with Gasteiger partial charge in [0.2, 0.25) is 11.8 Å². The molecule has 1 aliphatic heterocycles. The Hall–Kier alpha value is -2.37. The van der Waals surface area contributed by atoms with Crippen LogP contribution in [0.5, 0.6) is 0 Å². The Kier molecular flexibility index (Phi) is 4.42. The molecular weight excluding hydrogens is 330 g/mol. The van der Waals surface area contributed by atoms with Crippen LogP contribution in [0.2, 0.25) is 0 Å². The molecule has 1 N–H and O–H groups in total. The number of nitrogens with one attached hydrogen (secondary N) is 1. The maximum atomic E-state index is 12.9. The van der Waals surface area contributed by atoms with Crippen molar-refractivity contribution in [2.24, 2.45) is 0 Å². The monoisotopic (exact) mass is 355 g/mol. The predicted octanol–water partition coefficient (Wildman–Crippen LogP) is 2.17. The molecule has 0 aromatic heterocycles. The molecule has 26 heavy (non-hydrogen) atoms. The summed E-state index contributed by atoms with van der Waals surface area (Å²) in [7, 11) is 0. The Balaban J connectivity index is 1.38. The topological polar surface area (TPSA) is 69.7 Å². The van der Waals surface area contributed by atoms with Gasteiger partial charge >= 0.3 is 6.03 Å². The molecule has 1 aromatic carbocycles. The Morgan fingerprint density at radius 2 is 1.92 bits per heavy atom. The first kappa shape index (κ1) is 17.1. The zero-order valence-electron chi connectivity index (χ0n) is 15.1. The number of imide groups is 1. The molecule has 0 unspecified atom stereocenters. The molecule has 2 aliphatic carbocycles. The van der Waals surface area contributed by atoms with E-state index in [1.54, 1.807) is 0 Å². The fraction of sp³-hybridized carbons (Fsp3) is 0.550. The normalized spacial score (nSPS) is 25.5. The van der Waals surface area contributed by atoms with E-state index in [2.05, 4.69) is 36.5 Å². The quantitative estimate of drug-likeness (QED) is 0.880. The third-order valence-corrected chi connectivity index (χ3v) is 5.83. The fourth-order valence-corrected chi connectivity index (χ4v) is 4.17. The zero-order chi connectivity index (χ0) is 18.3. The third-order valence-electron chi connectivity index (χ3n) is 5.83. The van der Waals surface area contributed by atoms with Crippen molar-refractivity contribution in [3.8, 4) is 0 Å². The summed E-state index contributed by atoms with van der Waals surface area (Å²) in [4.78, 5) is 39.5. The Morgan fingerprint density at radius 3 is 2.58 bits per heavy atom. The highest BCUT2D eigenvalue weighted by Gasteiger charge is 2.44. The maximum Gasteiger partial charge on any atom is 0.324 e. The van der Waals surface area contributed by atoms with E-state index in [4.69, 9.17) is 0 Å². The highest BCUT2D eigenvalue weighted by Crippen LogP contribution is 2.44. The molecule has 0 spiro atoms. The van der Waals surface area contributed by atoms with Crippen molar-refractivity contribution in [2.45, 2.75) is 57.0 Å². The smallest absolute Gasteiger partial charge is 0.324 e. The van der Waals surface area contributed by atoms with Gasteiger partial charge in [-0.25, -0.2) is 4.79 Å². The molecule has 3 fully saturated rings. The number of hydrogen-bond donors (Lipinski definition) is 1. The van der Waals surface area contributed by atoms with Crippen LogP contribution in [-0.4, -0.2) is 52.8 Å². The van der Waals surface area contributed by atoms with Crippen LogP contribution in [0.25, 0.3) is 0 Å². The number of amides is 4. The Labute approximate surface area is 153 Å². The highest BCUT2D eigenvalue weighted by molar-refractivity contribution is 5.98. The van der Waals surface area contributed by atoms with Crippen molar-refractivity contribution in [3.05, 3.63) is 35.4 Å². The lowest BCUT2D eigenvalue weighted by atomic mass is 9.73. The number of benzene rings is 1. The van der Waals surface area contributed by atoms with Crippen LogP contribution in [0.15, 0.2) is 24.3 Å². The summed E-state index contributed by atoms with van der Waals surface area (Å²) in [5.74, 6) is 0.272. The van der Waals surface area contributed by atoms with Gasteiger partial charge in [-0.05, 0) is 49.7 Å². The lowest BCUT2D eigenvalue weighted by Gasteiger charge is -2.44. The van der Waals surface area contributed by atoms with Gasteiger partial charge in [0, 0.05) is 25.0 Å². The standard InChI is InChI=1S/C20H25N3O3/c1-13-4-2-3-5-17(13)14-10-16(11-14)23(15-6-7-15)19(25)12-22-9-8-18(24)21-20(22)26/h2-5,14-16H,6-12H2,1H3,(H,21,24,26). The maximum absolute atomic E-state index is 12.9. The molecular formula is C20H25N3O3. The van der Waals surface area contributed by atoms with E-state index in [0.29, 0.717) is 18.5 Å². The predicted molar refractivity (Wildman–Crippen MR) is 96.5 cm³/mol. The number of hydrogen-bond acceptors (Lipinski definition) is 3. The van der Waals surface area contributed by atoms with Crippen LogP contribution in [-0.2, 0) is 9.59 Å². The molecule has 0 atom stereocenters. The summed E-state index contributed by atoms with van der Waals surface area (Å²) in [5, 5.41) is 2.29. The van der Waals surface area contributed by atoms with E-state index < -0.39 is 6.03 Å². The summed E-state index contributed by atoms with van der Waals surface area (Å²) >= 11 is 0. The van der Waals surface area contributed by atoms with E-state index in [9.17, 15) is 14.4 Å². The van der Waals surface area contributed by atoms with Gasteiger partial charge in [-0.15, -0.1) is 0 Å². The summed E-state index contributed by atoms with van der Waals surface area (Å²) in [6, 6.07) is 8.63. The fourth-order valence-electron chi connectivity index (χ4n) is 4.17. The second-order valence-corrected chi connectivity index (χ2v) is 7.74. The van der Waals surface area contributed by atoms with Crippen molar-refractivity contribution in [2.75, 3.05) is 13.1 Å². The van der Waals surface area contributed by atoms with E-state index in [-0.39, 0.29) is 30.8 Å². The van der Waals surface area contributed by atoms with Crippen LogP contribution in [0.3, 0.4) is 0 Å². The average Bonchev–Trinajstić information content (AvgIpc) is 3.39. The SMILES string of the molecule is Cc1ccccc1C1CC(N(C(=O)CN2CCC(=O)NC2=O)C2CC2)C1. The van der Waals surface area contributed by atoms with E-state index in [1.165, 1.54) is 16.0 Å². The second kappa shape index (κ2) is 6.74. The zero-order valence-corrected chi connectivity index (χ0v) is 15.1. The molecule has 4 rings (SSSR count). The summed E-state index contributed by atoms with van der Waals surface area (Å²) < 4.78 is 0. The minimum absolute atomic E-state index is 0.0187. The average molecular weight is 355 g/mol. The van der Waals surface area contributed by atoms with Crippen molar-refractivity contribution in [1.82, 2.24) is 15.1 Å². The molecule has 6 nitrogen and oxygen atoms in total. The molecule has 6 heteroatoms. The third kappa shape index (κ3) is 3.32. The van der Waals surface area contributed by atoms with Gasteiger partial charge < -0.3 is 9.80 Å². The molecule has 0 radical (unpaired) electrons. The Morgan fingerprint density at radius 1 is 1.19 bits per heavy atom. The van der Waals surface area contributed by atoms with Crippen molar-refractivity contribution >= 4 is 17.8 Å². The van der Waals surface area contributed by atoms with Crippen LogP contribution < -0.4 is 5.32 Å². The van der Waals surface area contributed by atoms with Gasteiger partial charge in [-0.3, -0.25) is 14.9 Å². The second-order valence-electron chi connectivity index (χ2n) is 7.74.